The molecule has 5 rings (SSSR count). The van der Waals surface area contributed by atoms with Crippen LogP contribution < -0.4 is 10.6 Å². The van der Waals surface area contributed by atoms with Crippen molar-refractivity contribution in [3.8, 4) is 11.1 Å². The Hall–Kier alpha value is -3.08. The summed E-state index contributed by atoms with van der Waals surface area (Å²) in [5, 5.41) is 7.79. The van der Waals surface area contributed by atoms with Gasteiger partial charge in [-0.25, -0.2) is 0 Å². The molecule has 5 heteroatoms. The van der Waals surface area contributed by atoms with E-state index in [1.54, 1.807) is 0 Å². The maximum absolute atomic E-state index is 6.07. The Balaban J connectivity index is 1.44. The fraction of sp³-hybridized carbons (Fsp3) is 0.273. The molecule has 0 unspecified atom stereocenters. The summed E-state index contributed by atoms with van der Waals surface area (Å²) in [5.41, 5.74) is 4.34. The molecule has 3 heterocycles. The third kappa shape index (κ3) is 3.21. The van der Waals surface area contributed by atoms with Crippen molar-refractivity contribution in [2.24, 2.45) is 9.98 Å². The number of nitrogens with one attached hydrogen (secondary N) is 2. The zero-order valence-corrected chi connectivity index (χ0v) is 15.2. The van der Waals surface area contributed by atoms with Gasteiger partial charge in [-0.2, -0.15) is 0 Å². The van der Waals surface area contributed by atoms with E-state index in [0.29, 0.717) is 0 Å². The van der Waals surface area contributed by atoms with Crippen LogP contribution in [-0.2, 0) is 0 Å². The summed E-state index contributed by atoms with van der Waals surface area (Å²) in [6.07, 6.45) is 2.18. The van der Waals surface area contributed by atoms with Crippen molar-refractivity contribution in [2.75, 3.05) is 26.2 Å². The van der Waals surface area contributed by atoms with Crippen molar-refractivity contribution in [3.05, 3.63) is 59.9 Å². The van der Waals surface area contributed by atoms with Gasteiger partial charge in [0.1, 0.15) is 11.4 Å². The highest BCUT2D eigenvalue weighted by molar-refractivity contribution is 6.01. The topological polar surface area (TPSA) is 61.9 Å². The first kappa shape index (κ1) is 16.1. The van der Waals surface area contributed by atoms with E-state index in [1.165, 1.54) is 5.56 Å². The molecule has 2 aromatic carbocycles. The lowest BCUT2D eigenvalue weighted by molar-refractivity contribution is 0.592. The largest absolute Gasteiger partial charge is 0.453 e. The maximum Gasteiger partial charge on any atom is 0.170 e. The summed E-state index contributed by atoms with van der Waals surface area (Å²) in [4.78, 5) is 9.09. The SMILES string of the molecule is c1cc(-c2ccc3cc(C4=NCCCN4)oc3c2)ccc1C1=NCCCN1. The summed E-state index contributed by atoms with van der Waals surface area (Å²) in [5.74, 6) is 2.68. The molecule has 0 amide bonds. The molecular formula is C22H22N4O. The van der Waals surface area contributed by atoms with Gasteiger partial charge in [0.05, 0.1) is 0 Å². The van der Waals surface area contributed by atoms with Crippen LogP contribution in [0.25, 0.3) is 22.1 Å². The highest BCUT2D eigenvalue weighted by atomic mass is 16.3. The number of benzene rings is 2. The summed E-state index contributed by atoms with van der Waals surface area (Å²) < 4.78 is 6.07. The molecular weight excluding hydrogens is 336 g/mol. The minimum atomic E-state index is 0.818. The molecule has 0 atom stereocenters. The van der Waals surface area contributed by atoms with Gasteiger partial charge in [0.15, 0.2) is 11.6 Å². The van der Waals surface area contributed by atoms with Gasteiger partial charge in [-0.15, -0.1) is 0 Å². The average Bonchev–Trinajstić information content (AvgIpc) is 3.19. The Morgan fingerprint density at radius 2 is 1.37 bits per heavy atom. The fourth-order valence-corrected chi connectivity index (χ4v) is 3.57. The highest BCUT2D eigenvalue weighted by Gasteiger charge is 2.13. The molecule has 0 fully saturated rings. The number of hydrogen-bond donors (Lipinski definition) is 2. The molecule has 0 aliphatic carbocycles. The van der Waals surface area contributed by atoms with Gasteiger partial charge in [0, 0.05) is 37.1 Å². The van der Waals surface area contributed by atoms with Crippen LogP contribution in [0, 0.1) is 0 Å². The van der Waals surface area contributed by atoms with Gasteiger partial charge in [-0.05, 0) is 36.1 Å². The predicted molar refractivity (Wildman–Crippen MR) is 110 cm³/mol. The van der Waals surface area contributed by atoms with Crippen molar-refractivity contribution in [3.63, 3.8) is 0 Å². The lowest BCUT2D eigenvalue weighted by atomic mass is 10.0. The van der Waals surface area contributed by atoms with E-state index in [0.717, 1.165) is 78.5 Å². The Bertz CT molecular complexity index is 1030. The van der Waals surface area contributed by atoms with E-state index >= 15 is 0 Å². The molecule has 136 valence electrons. The molecule has 2 N–H and O–H groups in total. The zero-order chi connectivity index (χ0) is 18.1. The minimum Gasteiger partial charge on any atom is -0.453 e. The van der Waals surface area contributed by atoms with Crippen LogP contribution in [0.5, 0.6) is 0 Å². The molecule has 0 saturated carbocycles. The predicted octanol–water partition coefficient (Wildman–Crippen LogP) is 3.58. The molecule has 5 nitrogen and oxygen atoms in total. The van der Waals surface area contributed by atoms with Crippen molar-refractivity contribution >= 4 is 22.6 Å². The van der Waals surface area contributed by atoms with Gasteiger partial charge in [0.2, 0.25) is 0 Å². The first-order valence-electron chi connectivity index (χ1n) is 9.58. The van der Waals surface area contributed by atoms with E-state index in [2.05, 4.69) is 69.1 Å². The molecule has 27 heavy (non-hydrogen) atoms. The first-order chi connectivity index (χ1) is 13.4. The van der Waals surface area contributed by atoms with Crippen molar-refractivity contribution in [1.29, 1.82) is 0 Å². The van der Waals surface area contributed by atoms with Gasteiger partial charge < -0.3 is 15.1 Å². The second-order valence-corrected chi connectivity index (χ2v) is 6.96. The van der Waals surface area contributed by atoms with E-state index in [1.807, 2.05) is 0 Å². The lowest BCUT2D eigenvalue weighted by Gasteiger charge is -2.14. The van der Waals surface area contributed by atoms with E-state index in [9.17, 15) is 0 Å². The molecule has 0 radical (unpaired) electrons. The zero-order valence-electron chi connectivity index (χ0n) is 15.2. The third-order valence-corrected chi connectivity index (χ3v) is 5.04. The quantitative estimate of drug-likeness (QED) is 0.752. The minimum absolute atomic E-state index is 0.818. The van der Waals surface area contributed by atoms with Gasteiger partial charge >= 0.3 is 0 Å². The molecule has 2 aliphatic rings. The van der Waals surface area contributed by atoms with Crippen LogP contribution in [0.1, 0.15) is 24.2 Å². The van der Waals surface area contributed by atoms with Crippen LogP contribution >= 0.6 is 0 Å². The first-order valence-corrected chi connectivity index (χ1v) is 9.58. The normalized spacial score (nSPS) is 17.0. The van der Waals surface area contributed by atoms with E-state index in [4.69, 9.17) is 4.42 Å². The second-order valence-electron chi connectivity index (χ2n) is 6.96. The molecule has 0 saturated heterocycles. The van der Waals surface area contributed by atoms with Crippen molar-refractivity contribution in [2.45, 2.75) is 12.8 Å². The van der Waals surface area contributed by atoms with Crippen LogP contribution in [0.15, 0.2) is 62.9 Å². The Labute approximate surface area is 158 Å². The number of nitrogens with zero attached hydrogens (tertiary/aromatic N) is 2. The highest BCUT2D eigenvalue weighted by Crippen LogP contribution is 2.27. The Morgan fingerprint density at radius 1 is 0.704 bits per heavy atom. The Kier molecular flexibility index (Phi) is 4.13. The number of hydrogen-bond acceptors (Lipinski definition) is 5. The number of fused-ring (bicyclic) bond motifs is 1. The van der Waals surface area contributed by atoms with Crippen molar-refractivity contribution in [1.82, 2.24) is 10.6 Å². The van der Waals surface area contributed by atoms with E-state index in [-0.39, 0.29) is 0 Å². The summed E-state index contributed by atoms with van der Waals surface area (Å²) >= 11 is 0. The molecule has 1 aromatic heterocycles. The monoisotopic (exact) mass is 358 g/mol. The van der Waals surface area contributed by atoms with Crippen LogP contribution in [0.4, 0.5) is 0 Å². The van der Waals surface area contributed by atoms with E-state index < -0.39 is 0 Å². The van der Waals surface area contributed by atoms with Crippen LogP contribution in [0.2, 0.25) is 0 Å². The standard InChI is InChI=1S/C22H22N4O/c1-9-23-21(24-10-1)16-5-3-15(4-6-16)17-7-8-18-14-20(27-19(18)13-17)22-25-11-2-12-26-22/h3-8,13-14H,1-2,9-12H2,(H,23,24)(H,25,26). The van der Waals surface area contributed by atoms with Gasteiger partial charge in [-0.3, -0.25) is 9.98 Å². The smallest absolute Gasteiger partial charge is 0.170 e. The number of furan rings is 1. The molecule has 0 bridgehead atoms. The van der Waals surface area contributed by atoms with Crippen LogP contribution in [0.3, 0.4) is 0 Å². The van der Waals surface area contributed by atoms with Gasteiger partial charge in [0.25, 0.3) is 0 Å². The molecule has 0 spiro atoms. The third-order valence-electron chi connectivity index (χ3n) is 5.04. The maximum atomic E-state index is 6.07. The number of aliphatic imine (C=N–C) groups is 2. The lowest BCUT2D eigenvalue weighted by Crippen LogP contribution is -2.30. The summed E-state index contributed by atoms with van der Waals surface area (Å²) in [7, 11) is 0. The molecule has 2 aliphatic heterocycles. The van der Waals surface area contributed by atoms with Crippen LogP contribution in [-0.4, -0.2) is 37.9 Å². The molecule has 3 aromatic rings. The second kappa shape index (κ2) is 6.91. The Morgan fingerprint density at radius 3 is 2.07 bits per heavy atom. The average molecular weight is 358 g/mol. The fourth-order valence-electron chi connectivity index (χ4n) is 3.57. The van der Waals surface area contributed by atoms with Gasteiger partial charge in [-0.1, -0.05) is 36.4 Å². The number of rotatable bonds is 3. The number of amidine groups is 2. The van der Waals surface area contributed by atoms with Crippen molar-refractivity contribution < 1.29 is 4.42 Å². The summed E-state index contributed by atoms with van der Waals surface area (Å²) in [6.45, 7) is 3.71. The summed E-state index contributed by atoms with van der Waals surface area (Å²) in [6, 6.07) is 17.0.